The molecule has 0 spiro atoms. The van der Waals surface area contributed by atoms with Crippen molar-refractivity contribution in [1.29, 1.82) is 0 Å². The molecule has 5 rings (SSSR count). The number of hydrogen-bond acceptors (Lipinski definition) is 5. The van der Waals surface area contributed by atoms with E-state index in [1.54, 1.807) is 21.9 Å². The number of aromatic carboxylic acids is 1. The number of sulfonamides is 1. The van der Waals surface area contributed by atoms with Gasteiger partial charge in [0.2, 0.25) is 10.0 Å². The SMILES string of the molecule is CN1[C@H](CN2CCCC(F)(F)C2)CN(c2ccccc2)c2cc(Cl)c(-c3ccc(F)c(C(=O)O)c3)cc2S1(=O)=O. The summed E-state index contributed by atoms with van der Waals surface area (Å²) in [5.74, 6) is -5.25. The van der Waals surface area contributed by atoms with Gasteiger partial charge in [-0.25, -0.2) is 26.4 Å². The molecule has 1 saturated heterocycles. The molecule has 7 nitrogen and oxygen atoms in total. The number of carboxylic acids is 1. The Morgan fingerprint density at radius 3 is 2.52 bits per heavy atom. The fourth-order valence-corrected chi connectivity index (χ4v) is 7.14. The lowest BCUT2D eigenvalue weighted by atomic mass is 10.0. The highest BCUT2D eigenvalue weighted by Crippen LogP contribution is 2.43. The van der Waals surface area contributed by atoms with Crippen LogP contribution < -0.4 is 4.90 Å². The molecular formula is C28H27ClF3N3O4S. The van der Waals surface area contributed by atoms with Gasteiger partial charge in [0.1, 0.15) is 10.7 Å². The Bertz CT molecular complexity index is 1560. The minimum atomic E-state index is -4.18. The van der Waals surface area contributed by atoms with Crippen LogP contribution in [0.1, 0.15) is 23.2 Å². The van der Waals surface area contributed by atoms with Crippen molar-refractivity contribution in [2.75, 3.05) is 38.1 Å². The maximum absolute atomic E-state index is 14.2. The number of hydrogen-bond donors (Lipinski definition) is 1. The van der Waals surface area contributed by atoms with Gasteiger partial charge in [-0.2, -0.15) is 4.31 Å². The van der Waals surface area contributed by atoms with Crippen molar-refractivity contribution >= 4 is 39.0 Å². The van der Waals surface area contributed by atoms with Crippen LogP contribution in [0.5, 0.6) is 0 Å². The van der Waals surface area contributed by atoms with Crippen LogP contribution in [-0.4, -0.2) is 73.9 Å². The summed E-state index contributed by atoms with van der Waals surface area (Å²) in [7, 11) is -2.75. The summed E-state index contributed by atoms with van der Waals surface area (Å²) in [5.41, 5.74) is 0.836. The largest absolute Gasteiger partial charge is 0.478 e. The smallest absolute Gasteiger partial charge is 0.338 e. The molecule has 3 aromatic carbocycles. The molecule has 0 unspecified atom stereocenters. The summed E-state index contributed by atoms with van der Waals surface area (Å²) >= 11 is 6.66. The van der Waals surface area contributed by atoms with Gasteiger partial charge in [0.05, 0.1) is 28.9 Å². The van der Waals surface area contributed by atoms with Crippen LogP contribution in [0, 0.1) is 5.82 Å². The van der Waals surface area contributed by atoms with Gasteiger partial charge < -0.3 is 10.0 Å². The van der Waals surface area contributed by atoms with E-state index in [-0.39, 0.29) is 40.6 Å². The minimum absolute atomic E-state index is 0.0917. The first-order chi connectivity index (χ1) is 18.9. The summed E-state index contributed by atoms with van der Waals surface area (Å²) in [6, 6.07) is 14.7. The zero-order chi connectivity index (χ0) is 28.8. The molecule has 0 amide bonds. The summed E-state index contributed by atoms with van der Waals surface area (Å²) in [6.07, 6.45) is 0.117. The molecular weight excluding hydrogens is 567 g/mol. The minimum Gasteiger partial charge on any atom is -0.478 e. The van der Waals surface area contributed by atoms with Crippen molar-refractivity contribution in [3.05, 3.63) is 77.1 Å². The molecule has 40 heavy (non-hydrogen) atoms. The quantitative estimate of drug-likeness (QED) is 0.408. The number of para-hydroxylation sites is 1. The molecule has 1 atom stereocenters. The average molecular weight is 594 g/mol. The maximum Gasteiger partial charge on any atom is 0.338 e. The highest BCUT2D eigenvalue weighted by molar-refractivity contribution is 7.89. The number of fused-ring (bicyclic) bond motifs is 1. The van der Waals surface area contributed by atoms with Gasteiger partial charge in [0.15, 0.2) is 0 Å². The lowest BCUT2D eigenvalue weighted by Gasteiger charge is -2.37. The van der Waals surface area contributed by atoms with Crippen LogP contribution in [0.25, 0.3) is 11.1 Å². The zero-order valence-corrected chi connectivity index (χ0v) is 23.1. The van der Waals surface area contributed by atoms with Crippen LogP contribution in [-0.2, 0) is 10.0 Å². The third kappa shape index (κ3) is 5.43. The number of anilines is 2. The first-order valence-corrected chi connectivity index (χ1v) is 14.5. The fourth-order valence-electron chi connectivity index (χ4n) is 5.34. The Morgan fingerprint density at radius 1 is 1.12 bits per heavy atom. The summed E-state index contributed by atoms with van der Waals surface area (Å²) in [4.78, 5) is 14.8. The number of likely N-dealkylation sites (N-methyl/N-ethyl adjacent to an activating group) is 1. The zero-order valence-electron chi connectivity index (χ0n) is 21.5. The molecule has 0 aliphatic carbocycles. The summed E-state index contributed by atoms with van der Waals surface area (Å²) in [6.45, 7) is 0.264. The molecule has 2 aliphatic rings. The van der Waals surface area contributed by atoms with Crippen LogP contribution in [0.2, 0.25) is 5.02 Å². The molecule has 1 fully saturated rings. The van der Waals surface area contributed by atoms with Crippen molar-refractivity contribution in [3.8, 4) is 11.1 Å². The Balaban J connectivity index is 1.64. The predicted molar refractivity (Wildman–Crippen MR) is 147 cm³/mol. The first kappa shape index (κ1) is 28.4. The Morgan fingerprint density at radius 2 is 1.85 bits per heavy atom. The van der Waals surface area contributed by atoms with Crippen LogP contribution in [0.15, 0.2) is 65.6 Å². The molecule has 0 saturated carbocycles. The topological polar surface area (TPSA) is 81.2 Å². The number of likely N-dealkylation sites (tertiary alicyclic amines) is 1. The standard InChI is InChI=1S/C28H27ClF3N3O4S/c1-33-20(15-34-11-5-10-28(31,32)17-34)16-35(19-6-3-2-4-7-19)25-14-23(29)21(13-26(25)40(33,38)39)18-8-9-24(30)22(12-18)27(36)37/h2-4,6-9,12-14,20H,5,10-11,15-17H2,1H3,(H,36,37)/t20-/m1/s1. The summed E-state index contributed by atoms with van der Waals surface area (Å²) < 4.78 is 71.7. The number of alkyl halides is 2. The van der Waals surface area contributed by atoms with Crippen LogP contribution in [0.3, 0.4) is 0 Å². The second-order valence-electron chi connectivity index (χ2n) is 10.1. The lowest BCUT2D eigenvalue weighted by molar-refractivity contribution is -0.0665. The van der Waals surface area contributed by atoms with E-state index in [1.165, 1.54) is 29.6 Å². The molecule has 3 aromatic rings. The highest BCUT2D eigenvalue weighted by Gasteiger charge is 2.41. The molecule has 2 aliphatic heterocycles. The predicted octanol–water partition coefficient (Wildman–Crippen LogP) is 5.72. The van der Waals surface area contributed by atoms with E-state index < -0.39 is 45.9 Å². The highest BCUT2D eigenvalue weighted by atomic mass is 35.5. The normalized spacial score (nSPS) is 21.0. The molecule has 12 heteroatoms. The van der Waals surface area contributed by atoms with Gasteiger partial charge in [-0.3, -0.25) is 4.90 Å². The van der Waals surface area contributed by atoms with Gasteiger partial charge in [-0.1, -0.05) is 35.9 Å². The number of piperidine rings is 1. The van der Waals surface area contributed by atoms with Crippen molar-refractivity contribution < 1.29 is 31.5 Å². The number of rotatable bonds is 5. The second kappa shape index (κ2) is 10.7. The van der Waals surface area contributed by atoms with Crippen molar-refractivity contribution in [2.45, 2.75) is 29.7 Å². The van der Waals surface area contributed by atoms with Gasteiger partial charge >= 0.3 is 5.97 Å². The fraction of sp³-hybridized carbons (Fsp3) is 0.321. The van der Waals surface area contributed by atoms with E-state index in [4.69, 9.17) is 11.6 Å². The Labute approximate surface area is 235 Å². The number of nitrogens with zero attached hydrogens (tertiary/aromatic N) is 3. The van der Waals surface area contributed by atoms with Gasteiger partial charge in [0, 0.05) is 37.8 Å². The van der Waals surface area contributed by atoms with E-state index in [9.17, 15) is 31.5 Å². The van der Waals surface area contributed by atoms with E-state index in [1.807, 2.05) is 18.2 Å². The molecule has 0 radical (unpaired) electrons. The van der Waals surface area contributed by atoms with Gasteiger partial charge in [-0.05, 0) is 54.9 Å². The van der Waals surface area contributed by atoms with E-state index >= 15 is 0 Å². The number of carboxylic acid groups (broad SMARTS) is 1. The number of halogens is 4. The second-order valence-corrected chi connectivity index (χ2v) is 12.5. The van der Waals surface area contributed by atoms with Crippen LogP contribution >= 0.6 is 11.6 Å². The first-order valence-electron chi connectivity index (χ1n) is 12.6. The van der Waals surface area contributed by atoms with E-state index in [0.29, 0.717) is 24.3 Å². The van der Waals surface area contributed by atoms with Crippen molar-refractivity contribution in [2.24, 2.45) is 0 Å². The molecule has 2 heterocycles. The maximum atomic E-state index is 14.2. The third-order valence-corrected chi connectivity index (χ3v) is 9.67. The average Bonchev–Trinajstić information content (AvgIpc) is 2.97. The van der Waals surface area contributed by atoms with Crippen molar-refractivity contribution in [3.63, 3.8) is 0 Å². The third-order valence-electron chi connectivity index (χ3n) is 7.42. The van der Waals surface area contributed by atoms with E-state index in [2.05, 4.69) is 0 Å². The number of benzene rings is 3. The van der Waals surface area contributed by atoms with Crippen LogP contribution in [0.4, 0.5) is 24.5 Å². The van der Waals surface area contributed by atoms with Gasteiger partial charge in [0.25, 0.3) is 5.92 Å². The Kier molecular flexibility index (Phi) is 7.60. The van der Waals surface area contributed by atoms with E-state index in [0.717, 1.165) is 12.1 Å². The van der Waals surface area contributed by atoms with Gasteiger partial charge in [-0.15, -0.1) is 0 Å². The molecule has 212 valence electrons. The number of carbonyl (C=O) groups is 1. The molecule has 1 N–H and O–H groups in total. The summed E-state index contributed by atoms with van der Waals surface area (Å²) in [5, 5.41) is 9.51. The monoisotopic (exact) mass is 593 g/mol. The molecule has 0 aromatic heterocycles. The van der Waals surface area contributed by atoms with Crippen molar-refractivity contribution in [1.82, 2.24) is 9.21 Å². The molecule has 0 bridgehead atoms. The Hall–Kier alpha value is -3.12. The lowest BCUT2D eigenvalue weighted by Crippen LogP contribution is -2.52.